The number of thioether (sulfide) groups is 1. The van der Waals surface area contributed by atoms with E-state index in [1.807, 2.05) is 30.3 Å². The van der Waals surface area contributed by atoms with Crippen LogP contribution in [-0.4, -0.2) is 12.1 Å². The Morgan fingerprint density at radius 2 is 2.14 bits per heavy atom. The van der Waals surface area contributed by atoms with Crippen molar-refractivity contribution in [2.45, 2.75) is 10.8 Å². The largest absolute Gasteiger partial charge is 0.497 e. The summed E-state index contributed by atoms with van der Waals surface area (Å²) in [6.07, 6.45) is 1.75. The van der Waals surface area contributed by atoms with E-state index in [9.17, 15) is 4.79 Å². The van der Waals surface area contributed by atoms with Crippen LogP contribution in [0.1, 0.15) is 5.56 Å². The van der Waals surface area contributed by atoms with E-state index in [4.69, 9.17) is 9.15 Å². The van der Waals surface area contributed by atoms with E-state index < -0.39 is 0 Å². The number of aromatic nitrogens is 1. The lowest BCUT2D eigenvalue weighted by molar-refractivity contribution is 0.414. The lowest BCUT2D eigenvalue weighted by atomic mass is 10.1. The van der Waals surface area contributed by atoms with Gasteiger partial charge in [-0.3, -0.25) is 0 Å². The molecule has 0 aliphatic heterocycles. The van der Waals surface area contributed by atoms with Crippen LogP contribution in [0.25, 0.3) is 11.0 Å². The number of pyridine rings is 1. The second kappa shape index (κ2) is 6.01. The first-order chi connectivity index (χ1) is 10.3. The fraction of sp³-hybridized carbons (Fsp3) is 0.125. The van der Waals surface area contributed by atoms with Crippen LogP contribution in [0, 0.1) is 0 Å². The highest BCUT2D eigenvalue weighted by Crippen LogP contribution is 2.27. The normalized spacial score (nSPS) is 10.7. The van der Waals surface area contributed by atoms with E-state index in [2.05, 4.69) is 4.98 Å². The Morgan fingerprint density at radius 1 is 1.24 bits per heavy atom. The summed E-state index contributed by atoms with van der Waals surface area (Å²) in [6, 6.07) is 12.8. The minimum absolute atomic E-state index is 0.354. The van der Waals surface area contributed by atoms with Gasteiger partial charge in [-0.05, 0) is 29.8 Å². The van der Waals surface area contributed by atoms with Crippen molar-refractivity contribution in [3.8, 4) is 5.75 Å². The first kappa shape index (κ1) is 13.7. The molecule has 2 heterocycles. The Bertz CT molecular complexity index is 815. The van der Waals surface area contributed by atoms with Gasteiger partial charge in [0.05, 0.1) is 12.1 Å². The van der Waals surface area contributed by atoms with Crippen LogP contribution in [0.3, 0.4) is 0 Å². The zero-order valence-corrected chi connectivity index (χ0v) is 12.2. The molecule has 1 aromatic carbocycles. The van der Waals surface area contributed by atoms with Gasteiger partial charge in [0.25, 0.3) is 0 Å². The smallest absolute Gasteiger partial charge is 0.336 e. The summed E-state index contributed by atoms with van der Waals surface area (Å²) < 4.78 is 10.4. The van der Waals surface area contributed by atoms with E-state index in [1.54, 1.807) is 31.1 Å². The molecule has 3 rings (SSSR count). The van der Waals surface area contributed by atoms with Gasteiger partial charge in [0.2, 0.25) is 0 Å². The molecule has 0 N–H and O–H groups in total. The number of rotatable bonds is 4. The zero-order chi connectivity index (χ0) is 14.7. The molecule has 0 fully saturated rings. The molecular weight excluding hydrogens is 286 g/mol. The van der Waals surface area contributed by atoms with Crippen molar-refractivity contribution in [2.75, 3.05) is 7.11 Å². The van der Waals surface area contributed by atoms with Gasteiger partial charge in [-0.1, -0.05) is 6.07 Å². The Morgan fingerprint density at radius 3 is 2.90 bits per heavy atom. The summed E-state index contributed by atoms with van der Waals surface area (Å²) in [4.78, 5) is 15.9. The number of methoxy groups -OCH3 is 1. The summed E-state index contributed by atoms with van der Waals surface area (Å²) in [5.74, 6) is 1.33. The van der Waals surface area contributed by atoms with E-state index >= 15 is 0 Å². The molecule has 0 amide bonds. The van der Waals surface area contributed by atoms with Crippen LogP contribution in [0.5, 0.6) is 5.75 Å². The molecule has 0 unspecified atom stereocenters. The van der Waals surface area contributed by atoms with Crippen molar-refractivity contribution in [3.05, 3.63) is 64.6 Å². The van der Waals surface area contributed by atoms with Crippen molar-refractivity contribution >= 4 is 22.7 Å². The van der Waals surface area contributed by atoms with Crippen LogP contribution in [0.2, 0.25) is 0 Å². The summed E-state index contributed by atoms with van der Waals surface area (Å²) in [6.45, 7) is 0. The Hall–Kier alpha value is -2.27. The van der Waals surface area contributed by atoms with E-state index in [0.717, 1.165) is 16.0 Å². The SMILES string of the molecule is COc1ccc2c(CSc3ccccn3)cc(=O)oc2c1. The molecule has 0 radical (unpaired) electrons. The summed E-state index contributed by atoms with van der Waals surface area (Å²) in [5, 5.41) is 1.84. The van der Waals surface area contributed by atoms with Crippen molar-refractivity contribution < 1.29 is 9.15 Å². The molecule has 21 heavy (non-hydrogen) atoms. The Kier molecular flexibility index (Phi) is 3.92. The molecule has 0 saturated carbocycles. The average molecular weight is 299 g/mol. The second-order valence-corrected chi connectivity index (χ2v) is 5.41. The first-order valence-electron chi connectivity index (χ1n) is 6.41. The van der Waals surface area contributed by atoms with Crippen LogP contribution in [0.15, 0.2) is 62.9 Å². The summed E-state index contributed by atoms with van der Waals surface area (Å²) in [7, 11) is 1.58. The fourth-order valence-electron chi connectivity index (χ4n) is 2.04. The molecule has 0 aliphatic rings. The maximum atomic E-state index is 11.7. The highest BCUT2D eigenvalue weighted by Gasteiger charge is 2.08. The molecule has 4 nitrogen and oxygen atoms in total. The summed E-state index contributed by atoms with van der Waals surface area (Å²) >= 11 is 1.58. The molecule has 0 atom stereocenters. The van der Waals surface area contributed by atoms with Gasteiger partial charge >= 0.3 is 5.63 Å². The Balaban J connectivity index is 1.96. The zero-order valence-electron chi connectivity index (χ0n) is 11.4. The topological polar surface area (TPSA) is 52.3 Å². The van der Waals surface area contributed by atoms with Crippen LogP contribution < -0.4 is 10.4 Å². The third kappa shape index (κ3) is 3.08. The van der Waals surface area contributed by atoms with Gasteiger partial charge in [-0.15, -0.1) is 11.8 Å². The predicted molar refractivity (Wildman–Crippen MR) is 82.8 cm³/mol. The minimum Gasteiger partial charge on any atom is -0.497 e. The average Bonchev–Trinajstić information content (AvgIpc) is 2.52. The first-order valence-corrected chi connectivity index (χ1v) is 7.39. The maximum absolute atomic E-state index is 11.7. The lowest BCUT2D eigenvalue weighted by Gasteiger charge is -2.06. The highest BCUT2D eigenvalue weighted by atomic mass is 32.2. The second-order valence-electron chi connectivity index (χ2n) is 4.41. The lowest BCUT2D eigenvalue weighted by Crippen LogP contribution is -2.00. The number of hydrogen-bond acceptors (Lipinski definition) is 5. The third-order valence-corrected chi connectivity index (χ3v) is 4.04. The predicted octanol–water partition coefficient (Wildman–Crippen LogP) is 3.49. The molecule has 0 saturated heterocycles. The number of ether oxygens (including phenoxy) is 1. The maximum Gasteiger partial charge on any atom is 0.336 e. The van der Waals surface area contributed by atoms with Crippen LogP contribution in [0.4, 0.5) is 0 Å². The fourth-order valence-corrected chi connectivity index (χ4v) is 2.89. The quantitative estimate of drug-likeness (QED) is 0.545. The number of benzene rings is 1. The van der Waals surface area contributed by atoms with Crippen molar-refractivity contribution in [3.63, 3.8) is 0 Å². The monoisotopic (exact) mass is 299 g/mol. The third-order valence-electron chi connectivity index (χ3n) is 3.05. The van der Waals surface area contributed by atoms with Crippen LogP contribution >= 0.6 is 11.8 Å². The molecular formula is C16H13NO3S. The minimum atomic E-state index is -0.354. The van der Waals surface area contributed by atoms with Gasteiger partial charge in [0, 0.05) is 29.5 Å². The van der Waals surface area contributed by atoms with E-state index in [-0.39, 0.29) is 5.63 Å². The van der Waals surface area contributed by atoms with Crippen molar-refractivity contribution in [1.82, 2.24) is 4.98 Å². The van der Waals surface area contributed by atoms with Gasteiger partial charge in [0.1, 0.15) is 11.3 Å². The number of nitrogens with zero attached hydrogens (tertiary/aromatic N) is 1. The standard InChI is InChI=1S/C16H13NO3S/c1-19-12-5-6-13-11(8-16(18)20-14(13)9-12)10-21-15-4-2-3-7-17-15/h2-9H,10H2,1H3. The van der Waals surface area contributed by atoms with Gasteiger partial charge < -0.3 is 9.15 Å². The molecule has 2 aromatic heterocycles. The summed E-state index contributed by atoms with van der Waals surface area (Å²) in [5.41, 5.74) is 1.12. The van der Waals surface area contributed by atoms with Crippen LogP contribution in [-0.2, 0) is 5.75 Å². The van der Waals surface area contributed by atoms with Gasteiger partial charge in [0.15, 0.2) is 0 Å². The molecule has 0 aliphatic carbocycles. The van der Waals surface area contributed by atoms with Gasteiger partial charge in [-0.25, -0.2) is 9.78 Å². The van der Waals surface area contributed by atoms with E-state index in [1.165, 1.54) is 6.07 Å². The Labute approximate surface area is 125 Å². The van der Waals surface area contributed by atoms with Crippen molar-refractivity contribution in [2.24, 2.45) is 0 Å². The molecule has 3 aromatic rings. The van der Waals surface area contributed by atoms with Gasteiger partial charge in [-0.2, -0.15) is 0 Å². The van der Waals surface area contributed by atoms with E-state index in [0.29, 0.717) is 17.1 Å². The molecule has 5 heteroatoms. The molecule has 0 bridgehead atoms. The number of fused-ring (bicyclic) bond motifs is 1. The highest BCUT2D eigenvalue weighted by molar-refractivity contribution is 7.98. The molecule has 0 spiro atoms. The van der Waals surface area contributed by atoms with Crippen molar-refractivity contribution in [1.29, 1.82) is 0 Å². The number of hydrogen-bond donors (Lipinski definition) is 0. The molecule has 106 valence electrons.